The average molecular weight is 337 g/mol. The molecule has 1 amide bonds. The van der Waals surface area contributed by atoms with Crippen LogP contribution in [0.4, 0.5) is 0 Å². The van der Waals surface area contributed by atoms with E-state index in [4.69, 9.17) is 4.74 Å². The quantitative estimate of drug-likeness (QED) is 0.453. The number of hydrogen-bond acceptors (Lipinski definition) is 5. The standard InChI is InChI=1S/C17H24N2O5/c1-24-15(22)12(9-11-5-6-13(20)14(21)10-11)19-16(23)17(18)7-3-2-4-8-17/h5-6,10,12,20-21H,2-4,7-9,18H2,1H3,(H,19,23)/p+1/t12-/m0/s1. The zero-order chi connectivity index (χ0) is 17.7. The molecule has 0 aliphatic heterocycles. The highest BCUT2D eigenvalue weighted by Gasteiger charge is 2.41. The molecule has 1 atom stereocenters. The minimum absolute atomic E-state index is 0.155. The van der Waals surface area contributed by atoms with Crippen LogP contribution in [0.2, 0.25) is 0 Å². The fourth-order valence-corrected chi connectivity index (χ4v) is 3.03. The second kappa shape index (κ2) is 7.53. The van der Waals surface area contributed by atoms with Gasteiger partial charge in [-0.05, 0) is 30.5 Å². The Hall–Kier alpha value is -2.28. The van der Waals surface area contributed by atoms with Gasteiger partial charge < -0.3 is 26.0 Å². The van der Waals surface area contributed by atoms with Crippen molar-refractivity contribution in [2.24, 2.45) is 0 Å². The SMILES string of the molecule is COC(=O)[C@H](Cc1ccc(O)c(O)c1)NC(=O)C1([NH3+])CCCCC1. The summed E-state index contributed by atoms with van der Waals surface area (Å²) in [6, 6.07) is 3.41. The highest BCUT2D eigenvalue weighted by molar-refractivity contribution is 5.89. The largest absolute Gasteiger partial charge is 0.504 e. The van der Waals surface area contributed by atoms with Crippen molar-refractivity contribution in [2.75, 3.05) is 7.11 Å². The lowest BCUT2D eigenvalue weighted by atomic mass is 9.81. The van der Waals surface area contributed by atoms with Crippen molar-refractivity contribution in [3.05, 3.63) is 23.8 Å². The number of hydrogen-bond donors (Lipinski definition) is 4. The number of nitrogens with one attached hydrogen (secondary N) is 1. The van der Waals surface area contributed by atoms with Crippen LogP contribution in [0.5, 0.6) is 11.5 Å². The van der Waals surface area contributed by atoms with Crippen LogP contribution in [0, 0.1) is 0 Å². The number of amides is 1. The third kappa shape index (κ3) is 4.17. The summed E-state index contributed by atoms with van der Waals surface area (Å²) in [7, 11) is 1.26. The number of ether oxygens (including phenoxy) is 1. The van der Waals surface area contributed by atoms with E-state index in [0.29, 0.717) is 18.4 Å². The number of carbonyl (C=O) groups excluding carboxylic acids is 2. The lowest BCUT2D eigenvalue weighted by molar-refractivity contribution is -0.464. The van der Waals surface area contributed by atoms with Crippen LogP contribution >= 0.6 is 0 Å². The number of methoxy groups -OCH3 is 1. The first kappa shape index (κ1) is 18.1. The first-order chi connectivity index (χ1) is 11.4. The molecule has 7 heteroatoms. The van der Waals surface area contributed by atoms with Gasteiger partial charge in [-0.25, -0.2) is 4.79 Å². The zero-order valence-electron chi connectivity index (χ0n) is 13.9. The van der Waals surface area contributed by atoms with Gasteiger partial charge in [-0.1, -0.05) is 12.5 Å². The van der Waals surface area contributed by atoms with Crippen molar-refractivity contribution >= 4 is 11.9 Å². The van der Waals surface area contributed by atoms with Crippen LogP contribution < -0.4 is 11.1 Å². The molecule has 1 aromatic carbocycles. The van der Waals surface area contributed by atoms with Gasteiger partial charge in [0.05, 0.1) is 7.11 Å². The lowest BCUT2D eigenvalue weighted by Crippen LogP contribution is -2.79. The summed E-state index contributed by atoms with van der Waals surface area (Å²) in [5.74, 6) is -1.32. The van der Waals surface area contributed by atoms with Crippen LogP contribution in [-0.2, 0) is 20.7 Å². The second-order valence-corrected chi connectivity index (χ2v) is 6.42. The molecule has 0 aromatic heterocycles. The number of esters is 1. The topological polar surface area (TPSA) is 124 Å². The number of phenols is 2. The van der Waals surface area contributed by atoms with E-state index in [0.717, 1.165) is 19.3 Å². The Labute approximate surface area is 140 Å². The molecule has 0 bridgehead atoms. The van der Waals surface area contributed by atoms with E-state index in [2.05, 4.69) is 11.1 Å². The van der Waals surface area contributed by atoms with Crippen LogP contribution in [0.3, 0.4) is 0 Å². The van der Waals surface area contributed by atoms with Gasteiger partial charge in [0.25, 0.3) is 5.91 Å². The van der Waals surface area contributed by atoms with Crippen molar-refractivity contribution in [1.29, 1.82) is 0 Å². The van der Waals surface area contributed by atoms with E-state index < -0.39 is 17.6 Å². The molecular formula is C17H25N2O5+. The number of quaternary nitrogens is 1. The molecule has 6 N–H and O–H groups in total. The summed E-state index contributed by atoms with van der Waals surface area (Å²) >= 11 is 0. The van der Waals surface area contributed by atoms with E-state index in [-0.39, 0.29) is 23.8 Å². The molecule has 132 valence electrons. The maximum atomic E-state index is 12.6. The Morgan fingerprint density at radius 2 is 1.92 bits per heavy atom. The van der Waals surface area contributed by atoms with Gasteiger partial charge in [0.15, 0.2) is 17.0 Å². The summed E-state index contributed by atoms with van der Waals surface area (Å²) in [5, 5.41) is 21.7. The number of rotatable bonds is 5. The molecule has 1 aromatic rings. The van der Waals surface area contributed by atoms with Gasteiger partial charge in [0.1, 0.15) is 6.04 Å². The number of aromatic hydroxyl groups is 2. The first-order valence-electron chi connectivity index (χ1n) is 8.11. The minimum atomic E-state index is -0.869. The first-order valence-corrected chi connectivity index (χ1v) is 8.11. The van der Waals surface area contributed by atoms with Crippen LogP contribution in [-0.4, -0.2) is 40.8 Å². The third-order valence-electron chi connectivity index (χ3n) is 4.56. The lowest BCUT2D eigenvalue weighted by Gasteiger charge is -2.30. The number of phenolic OH excluding ortho intramolecular Hbond substituents is 2. The molecule has 0 heterocycles. The summed E-state index contributed by atoms with van der Waals surface area (Å²) < 4.78 is 4.77. The molecule has 0 saturated heterocycles. The van der Waals surface area contributed by atoms with Crippen molar-refractivity contribution in [3.63, 3.8) is 0 Å². The highest BCUT2D eigenvalue weighted by Crippen LogP contribution is 2.26. The average Bonchev–Trinajstić information content (AvgIpc) is 2.57. The second-order valence-electron chi connectivity index (χ2n) is 6.42. The predicted molar refractivity (Wildman–Crippen MR) is 86.1 cm³/mol. The Kier molecular flexibility index (Phi) is 5.66. The van der Waals surface area contributed by atoms with Crippen LogP contribution in [0.1, 0.15) is 37.7 Å². The van der Waals surface area contributed by atoms with E-state index in [1.165, 1.54) is 19.2 Å². The summed E-state index contributed by atoms with van der Waals surface area (Å²) in [4.78, 5) is 24.6. The maximum absolute atomic E-state index is 12.6. The van der Waals surface area contributed by atoms with E-state index in [1.807, 2.05) is 0 Å². The summed E-state index contributed by atoms with van der Waals surface area (Å²) in [6.45, 7) is 0. The molecule has 1 fully saturated rings. The number of benzene rings is 1. The molecule has 1 saturated carbocycles. The molecule has 1 aliphatic carbocycles. The summed E-state index contributed by atoms with van der Waals surface area (Å²) in [6.07, 6.45) is 4.55. The fourth-order valence-electron chi connectivity index (χ4n) is 3.03. The van der Waals surface area contributed by atoms with Gasteiger partial charge in [0, 0.05) is 19.3 Å². The molecular weight excluding hydrogens is 312 g/mol. The molecule has 0 unspecified atom stereocenters. The Morgan fingerprint density at radius 1 is 1.25 bits per heavy atom. The Bertz CT molecular complexity index is 611. The van der Waals surface area contributed by atoms with E-state index in [1.54, 1.807) is 6.07 Å². The van der Waals surface area contributed by atoms with Crippen LogP contribution in [0.15, 0.2) is 18.2 Å². The molecule has 2 rings (SSSR count). The molecule has 24 heavy (non-hydrogen) atoms. The predicted octanol–water partition coefficient (Wildman–Crippen LogP) is 0.243. The maximum Gasteiger partial charge on any atom is 0.328 e. The van der Waals surface area contributed by atoms with Gasteiger partial charge in [-0.15, -0.1) is 0 Å². The molecule has 1 aliphatic rings. The Morgan fingerprint density at radius 3 is 2.50 bits per heavy atom. The van der Waals surface area contributed by atoms with Gasteiger partial charge >= 0.3 is 5.97 Å². The van der Waals surface area contributed by atoms with Gasteiger partial charge in [-0.2, -0.15) is 0 Å². The normalized spacial score (nSPS) is 17.8. The van der Waals surface area contributed by atoms with E-state index in [9.17, 15) is 19.8 Å². The van der Waals surface area contributed by atoms with Crippen molar-refractivity contribution < 1.29 is 30.3 Å². The molecule has 0 radical (unpaired) electrons. The molecule has 0 spiro atoms. The minimum Gasteiger partial charge on any atom is -0.504 e. The summed E-state index contributed by atoms with van der Waals surface area (Å²) in [5.41, 5.74) is 3.96. The van der Waals surface area contributed by atoms with E-state index >= 15 is 0 Å². The Balaban J connectivity index is 2.11. The fraction of sp³-hybridized carbons (Fsp3) is 0.529. The third-order valence-corrected chi connectivity index (χ3v) is 4.56. The zero-order valence-corrected chi connectivity index (χ0v) is 13.9. The molecule has 7 nitrogen and oxygen atoms in total. The van der Waals surface area contributed by atoms with Crippen molar-refractivity contribution in [1.82, 2.24) is 5.32 Å². The van der Waals surface area contributed by atoms with Crippen molar-refractivity contribution in [2.45, 2.75) is 50.1 Å². The highest BCUT2D eigenvalue weighted by atomic mass is 16.5. The van der Waals surface area contributed by atoms with Gasteiger partial charge in [0.2, 0.25) is 0 Å². The van der Waals surface area contributed by atoms with Crippen molar-refractivity contribution in [3.8, 4) is 11.5 Å². The van der Waals surface area contributed by atoms with Gasteiger partial charge in [-0.3, -0.25) is 4.79 Å². The smallest absolute Gasteiger partial charge is 0.328 e. The number of carbonyl (C=O) groups is 2. The van der Waals surface area contributed by atoms with Crippen LogP contribution in [0.25, 0.3) is 0 Å². The monoisotopic (exact) mass is 337 g/mol.